The highest BCUT2D eigenvalue weighted by atomic mass is 28.4. The maximum Gasteiger partial charge on any atom is 0.306 e. The van der Waals surface area contributed by atoms with Crippen LogP contribution in [0.25, 0.3) is 0 Å². The molecule has 1 rings (SSSR count). The fourth-order valence-electron chi connectivity index (χ4n) is 2.20. The van der Waals surface area contributed by atoms with Crippen molar-refractivity contribution in [3.05, 3.63) is 12.2 Å². The van der Waals surface area contributed by atoms with Crippen LogP contribution < -0.4 is 0 Å². The Morgan fingerprint density at radius 1 is 1.33 bits per heavy atom. The predicted octanol–water partition coefficient (Wildman–Crippen LogP) is 4.69. The second kappa shape index (κ2) is 7.59. The summed E-state index contributed by atoms with van der Waals surface area (Å²) in [5.74, 6) is 0.247. The van der Waals surface area contributed by atoms with Gasteiger partial charge in [0.1, 0.15) is 6.10 Å². The molecule has 0 radical (unpaired) electrons. The summed E-state index contributed by atoms with van der Waals surface area (Å²) in [6.07, 6.45) is 7.47. The van der Waals surface area contributed by atoms with E-state index in [0.717, 1.165) is 25.9 Å². The summed E-state index contributed by atoms with van der Waals surface area (Å²) in [4.78, 5) is 11.6. The number of rotatable bonds is 7. The van der Waals surface area contributed by atoms with Gasteiger partial charge < -0.3 is 9.16 Å². The average molecular weight is 313 g/mol. The maximum atomic E-state index is 11.6. The fraction of sp³-hybridized carbons (Fsp3) is 0.824. The normalized spacial score (nSPS) is 22.6. The Labute approximate surface area is 131 Å². The molecule has 0 amide bonds. The molecule has 0 aromatic rings. The first-order valence-corrected chi connectivity index (χ1v) is 11.1. The third-order valence-corrected chi connectivity index (χ3v) is 9.22. The van der Waals surface area contributed by atoms with Gasteiger partial charge in [0.15, 0.2) is 8.32 Å². The molecule has 4 heteroatoms. The van der Waals surface area contributed by atoms with Gasteiger partial charge in [-0.25, -0.2) is 0 Å². The number of ether oxygens (including phenoxy) is 1. The Morgan fingerprint density at radius 3 is 2.57 bits per heavy atom. The van der Waals surface area contributed by atoms with Crippen molar-refractivity contribution in [1.29, 1.82) is 0 Å². The number of esters is 1. The molecular weight excluding hydrogens is 280 g/mol. The second-order valence-corrected chi connectivity index (χ2v) is 12.3. The summed E-state index contributed by atoms with van der Waals surface area (Å²) in [6, 6.07) is 0. The van der Waals surface area contributed by atoms with E-state index in [9.17, 15) is 4.79 Å². The van der Waals surface area contributed by atoms with Gasteiger partial charge in [0.05, 0.1) is 0 Å². The van der Waals surface area contributed by atoms with Crippen molar-refractivity contribution < 1.29 is 14.0 Å². The van der Waals surface area contributed by atoms with Crippen LogP contribution in [0.15, 0.2) is 12.2 Å². The van der Waals surface area contributed by atoms with Gasteiger partial charge in [0.25, 0.3) is 0 Å². The average Bonchev–Trinajstić information content (AvgIpc) is 2.75. The molecule has 21 heavy (non-hydrogen) atoms. The first-order chi connectivity index (χ1) is 9.67. The van der Waals surface area contributed by atoms with Crippen LogP contribution in [-0.2, 0) is 14.0 Å². The quantitative estimate of drug-likeness (QED) is 0.389. The zero-order valence-electron chi connectivity index (χ0n) is 14.6. The van der Waals surface area contributed by atoms with E-state index in [1.165, 1.54) is 0 Å². The Hall–Kier alpha value is -0.613. The lowest BCUT2D eigenvalue weighted by molar-refractivity contribution is -0.150. The summed E-state index contributed by atoms with van der Waals surface area (Å²) in [5, 5.41) is 0.242. The van der Waals surface area contributed by atoms with Gasteiger partial charge in [-0.15, -0.1) is 0 Å². The third kappa shape index (κ3) is 5.59. The molecule has 3 nitrogen and oxygen atoms in total. The highest BCUT2D eigenvalue weighted by molar-refractivity contribution is 6.74. The SMILES string of the molecule is CCCC(=O)O[C@@H]1CC=C[C@@H]1CCO[Si](C)(C)C(C)(C)C. The molecule has 0 aliphatic heterocycles. The predicted molar refractivity (Wildman–Crippen MR) is 89.8 cm³/mol. The van der Waals surface area contributed by atoms with E-state index in [2.05, 4.69) is 46.0 Å². The monoisotopic (exact) mass is 312 g/mol. The zero-order valence-corrected chi connectivity index (χ0v) is 15.6. The summed E-state index contributed by atoms with van der Waals surface area (Å²) in [7, 11) is -1.68. The van der Waals surface area contributed by atoms with Crippen LogP contribution in [0.1, 0.15) is 53.4 Å². The molecule has 0 saturated heterocycles. The van der Waals surface area contributed by atoms with E-state index in [1.54, 1.807) is 0 Å². The van der Waals surface area contributed by atoms with E-state index < -0.39 is 8.32 Å². The van der Waals surface area contributed by atoms with Crippen molar-refractivity contribution in [2.75, 3.05) is 6.61 Å². The summed E-state index contributed by atoms with van der Waals surface area (Å²) >= 11 is 0. The molecule has 0 bridgehead atoms. The van der Waals surface area contributed by atoms with Crippen molar-refractivity contribution in [3.63, 3.8) is 0 Å². The van der Waals surface area contributed by atoms with Crippen molar-refractivity contribution in [1.82, 2.24) is 0 Å². The highest BCUT2D eigenvalue weighted by Gasteiger charge is 2.37. The molecule has 2 atom stereocenters. The standard InChI is InChI=1S/C17H32O3Si/c1-7-9-16(18)20-15-11-8-10-14(15)12-13-19-21(5,6)17(2,3)4/h8,10,14-15H,7,9,11-13H2,1-6H3/t14-,15-/m1/s1. The van der Waals surface area contributed by atoms with Crippen molar-refractivity contribution in [2.24, 2.45) is 5.92 Å². The van der Waals surface area contributed by atoms with E-state index in [1.807, 2.05) is 6.92 Å². The van der Waals surface area contributed by atoms with Crippen molar-refractivity contribution in [2.45, 2.75) is 77.6 Å². The molecular formula is C17H32O3Si. The zero-order chi connectivity index (χ0) is 16.1. The van der Waals surface area contributed by atoms with Gasteiger partial charge in [-0.1, -0.05) is 39.8 Å². The maximum absolute atomic E-state index is 11.6. The lowest BCUT2D eigenvalue weighted by Gasteiger charge is -2.36. The Bertz CT molecular complexity index is 369. The Balaban J connectivity index is 2.40. The third-order valence-electron chi connectivity index (χ3n) is 4.69. The fourth-order valence-corrected chi connectivity index (χ4v) is 3.26. The lowest BCUT2D eigenvalue weighted by atomic mass is 10.0. The van der Waals surface area contributed by atoms with Crippen LogP contribution in [0, 0.1) is 5.92 Å². The number of hydrogen-bond acceptors (Lipinski definition) is 3. The van der Waals surface area contributed by atoms with Gasteiger partial charge in [0.2, 0.25) is 0 Å². The molecule has 0 aromatic carbocycles. The molecule has 0 heterocycles. The molecule has 0 saturated carbocycles. The largest absolute Gasteiger partial charge is 0.461 e. The molecule has 0 fully saturated rings. The first-order valence-electron chi connectivity index (χ1n) is 8.17. The Morgan fingerprint density at radius 2 is 2.00 bits per heavy atom. The van der Waals surface area contributed by atoms with Crippen LogP contribution >= 0.6 is 0 Å². The number of hydrogen-bond donors (Lipinski definition) is 0. The molecule has 0 spiro atoms. The van der Waals surface area contributed by atoms with Crippen LogP contribution in [0.5, 0.6) is 0 Å². The minimum Gasteiger partial charge on any atom is -0.461 e. The highest BCUT2D eigenvalue weighted by Crippen LogP contribution is 2.37. The van der Waals surface area contributed by atoms with Crippen molar-refractivity contribution >= 4 is 14.3 Å². The first kappa shape index (κ1) is 18.4. The minimum atomic E-state index is -1.68. The van der Waals surface area contributed by atoms with Crippen molar-refractivity contribution in [3.8, 4) is 0 Å². The van der Waals surface area contributed by atoms with Gasteiger partial charge in [0, 0.05) is 25.4 Å². The van der Waals surface area contributed by atoms with Crippen LogP contribution in [0.2, 0.25) is 18.1 Å². The molecule has 0 N–H and O–H groups in total. The topological polar surface area (TPSA) is 35.5 Å². The Kier molecular flexibility index (Phi) is 6.66. The van der Waals surface area contributed by atoms with E-state index in [4.69, 9.17) is 9.16 Å². The summed E-state index contributed by atoms with van der Waals surface area (Å²) in [5.41, 5.74) is 0. The molecule has 1 aliphatic carbocycles. The smallest absolute Gasteiger partial charge is 0.306 e. The lowest BCUT2D eigenvalue weighted by Crippen LogP contribution is -2.41. The molecule has 1 aliphatic rings. The minimum absolute atomic E-state index is 0.0204. The van der Waals surface area contributed by atoms with Crippen LogP contribution in [0.3, 0.4) is 0 Å². The van der Waals surface area contributed by atoms with E-state index in [-0.39, 0.29) is 17.1 Å². The second-order valence-electron chi connectivity index (χ2n) is 7.50. The van der Waals surface area contributed by atoms with Gasteiger partial charge in [-0.2, -0.15) is 0 Å². The van der Waals surface area contributed by atoms with Gasteiger partial charge >= 0.3 is 5.97 Å². The molecule has 0 aromatic heterocycles. The van der Waals surface area contributed by atoms with Crippen LogP contribution in [0.4, 0.5) is 0 Å². The van der Waals surface area contributed by atoms with E-state index >= 15 is 0 Å². The molecule has 122 valence electrons. The van der Waals surface area contributed by atoms with Gasteiger partial charge in [-0.05, 0) is 31.0 Å². The summed E-state index contributed by atoms with van der Waals surface area (Å²) in [6.45, 7) is 14.1. The van der Waals surface area contributed by atoms with Gasteiger partial charge in [-0.3, -0.25) is 4.79 Å². The molecule has 0 unspecified atom stereocenters. The van der Waals surface area contributed by atoms with E-state index in [0.29, 0.717) is 12.3 Å². The van der Waals surface area contributed by atoms with Crippen LogP contribution in [-0.4, -0.2) is 27.0 Å². The summed E-state index contributed by atoms with van der Waals surface area (Å²) < 4.78 is 11.8. The number of carbonyl (C=O) groups excluding carboxylic acids is 1. The number of carbonyl (C=O) groups is 1.